The monoisotopic (exact) mass is 483 g/mol. The van der Waals surface area contributed by atoms with Crippen molar-refractivity contribution < 1.29 is 9.59 Å². The van der Waals surface area contributed by atoms with Crippen LogP contribution in [0.3, 0.4) is 0 Å². The number of aryl methyl sites for hydroxylation is 1. The normalized spacial score (nSPS) is 14.1. The molecule has 1 aliphatic rings. The van der Waals surface area contributed by atoms with E-state index in [2.05, 4.69) is 33.5 Å². The molecule has 4 rings (SSSR count). The van der Waals surface area contributed by atoms with Crippen molar-refractivity contribution in [3.63, 3.8) is 0 Å². The van der Waals surface area contributed by atoms with Crippen molar-refractivity contribution in [2.45, 2.75) is 46.1 Å². The molecule has 34 heavy (non-hydrogen) atoms. The molecule has 182 valence electrons. The van der Waals surface area contributed by atoms with Crippen molar-refractivity contribution >= 4 is 50.6 Å². The minimum Gasteiger partial charge on any atom is -0.397 e. The number of thiophene rings is 1. The summed E-state index contributed by atoms with van der Waals surface area (Å²) in [5, 5.41) is 7.08. The predicted molar refractivity (Wildman–Crippen MR) is 139 cm³/mol. The molecule has 3 aromatic heterocycles. The van der Waals surface area contributed by atoms with E-state index >= 15 is 0 Å². The summed E-state index contributed by atoms with van der Waals surface area (Å²) in [6, 6.07) is 5.89. The fraction of sp³-hybridized carbons (Fsp3) is 0.417. The van der Waals surface area contributed by atoms with Gasteiger partial charge in [0.25, 0.3) is 5.91 Å². The van der Waals surface area contributed by atoms with Gasteiger partial charge in [0.2, 0.25) is 5.91 Å². The first kappa shape index (κ1) is 25.4. The first-order valence-electron chi connectivity index (χ1n) is 11.2. The predicted octanol–water partition coefficient (Wildman–Crippen LogP) is 3.16. The van der Waals surface area contributed by atoms with Gasteiger partial charge < -0.3 is 27.0 Å². The molecule has 0 atom stereocenters. The van der Waals surface area contributed by atoms with Gasteiger partial charge in [0.15, 0.2) is 0 Å². The van der Waals surface area contributed by atoms with Crippen molar-refractivity contribution in [2.24, 2.45) is 5.73 Å². The Morgan fingerprint density at radius 1 is 1.24 bits per heavy atom. The van der Waals surface area contributed by atoms with E-state index in [9.17, 15) is 9.59 Å². The van der Waals surface area contributed by atoms with Crippen molar-refractivity contribution in [1.82, 2.24) is 15.3 Å². The van der Waals surface area contributed by atoms with Gasteiger partial charge in [-0.15, -0.1) is 11.3 Å². The van der Waals surface area contributed by atoms with Gasteiger partial charge in [0.05, 0.1) is 12.2 Å². The van der Waals surface area contributed by atoms with Crippen LogP contribution in [-0.4, -0.2) is 47.5 Å². The standard InChI is InChI=1S/C23H29N7O2S.CH4/c1-2-3-14-12-17(29-23-19(14)20(24)21(33-23)22(25)32)30-10-6-15(7-11-30)27-13-18(31)28-16-4-8-26-9-5-16;/h4-5,8-9,12,15,27H,2-3,6-7,10-11,13,24H2,1H3,(H2,25,32)(H,26,28,31);1H4. The third-order valence-electron chi connectivity index (χ3n) is 5.84. The molecule has 6 N–H and O–H groups in total. The Labute approximate surface area is 203 Å². The first-order valence-corrected chi connectivity index (χ1v) is 12.0. The van der Waals surface area contributed by atoms with Crippen LogP contribution in [0.15, 0.2) is 30.6 Å². The average molecular weight is 484 g/mol. The van der Waals surface area contributed by atoms with Gasteiger partial charge in [-0.05, 0) is 43.0 Å². The van der Waals surface area contributed by atoms with Crippen LogP contribution in [0.4, 0.5) is 17.2 Å². The molecule has 1 aliphatic heterocycles. The maximum atomic E-state index is 12.2. The minimum atomic E-state index is -0.514. The molecule has 0 unspecified atom stereocenters. The highest BCUT2D eigenvalue weighted by Crippen LogP contribution is 2.37. The second-order valence-electron chi connectivity index (χ2n) is 8.21. The third-order valence-corrected chi connectivity index (χ3v) is 6.96. The zero-order valence-corrected chi connectivity index (χ0v) is 19.5. The molecule has 0 bridgehead atoms. The van der Waals surface area contributed by atoms with Gasteiger partial charge in [-0.2, -0.15) is 0 Å². The smallest absolute Gasteiger partial charge is 0.260 e. The number of fused-ring (bicyclic) bond motifs is 1. The summed E-state index contributed by atoms with van der Waals surface area (Å²) in [7, 11) is 0. The maximum absolute atomic E-state index is 12.2. The molecule has 4 heterocycles. The largest absolute Gasteiger partial charge is 0.397 e. The van der Waals surface area contributed by atoms with Crippen LogP contribution < -0.4 is 27.0 Å². The van der Waals surface area contributed by atoms with Gasteiger partial charge in [-0.25, -0.2) is 4.98 Å². The molecule has 2 amide bonds. The molecule has 0 radical (unpaired) electrons. The third kappa shape index (κ3) is 5.63. The number of piperidine rings is 1. The lowest BCUT2D eigenvalue weighted by Gasteiger charge is -2.33. The molecule has 0 aromatic carbocycles. The Morgan fingerprint density at radius 3 is 2.59 bits per heavy atom. The number of amides is 2. The summed E-state index contributed by atoms with van der Waals surface area (Å²) in [6.45, 7) is 4.04. The molecule has 1 fully saturated rings. The lowest BCUT2D eigenvalue weighted by atomic mass is 10.0. The fourth-order valence-electron chi connectivity index (χ4n) is 4.19. The van der Waals surface area contributed by atoms with Crippen molar-refractivity contribution in [1.29, 1.82) is 0 Å². The highest BCUT2D eigenvalue weighted by Gasteiger charge is 2.24. The van der Waals surface area contributed by atoms with Crippen molar-refractivity contribution in [3.8, 4) is 0 Å². The molecule has 10 heteroatoms. The van der Waals surface area contributed by atoms with Crippen LogP contribution in [-0.2, 0) is 11.2 Å². The van der Waals surface area contributed by atoms with E-state index in [1.807, 2.05) is 0 Å². The summed E-state index contributed by atoms with van der Waals surface area (Å²) < 4.78 is 0. The highest BCUT2D eigenvalue weighted by atomic mass is 32.1. The topological polar surface area (TPSA) is 139 Å². The fourth-order valence-corrected chi connectivity index (χ4v) is 5.17. The Kier molecular flexibility index (Phi) is 8.41. The zero-order chi connectivity index (χ0) is 23.4. The Balaban J connectivity index is 0.00000324. The van der Waals surface area contributed by atoms with Gasteiger partial charge in [0, 0.05) is 42.6 Å². The summed E-state index contributed by atoms with van der Waals surface area (Å²) in [5.74, 6) is 0.317. The molecule has 3 aromatic rings. The number of pyridine rings is 2. The first-order chi connectivity index (χ1) is 16.0. The number of primary amides is 1. The van der Waals surface area contributed by atoms with E-state index in [0.717, 1.165) is 66.1 Å². The van der Waals surface area contributed by atoms with E-state index in [1.54, 1.807) is 24.5 Å². The van der Waals surface area contributed by atoms with Crippen LogP contribution >= 0.6 is 11.3 Å². The number of nitrogens with one attached hydrogen (secondary N) is 2. The number of nitrogens with two attached hydrogens (primary N) is 2. The number of aromatic nitrogens is 2. The van der Waals surface area contributed by atoms with E-state index in [1.165, 1.54) is 11.3 Å². The van der Waals surface area contributed by atoms with E-state index in [0.29, 0.717) is 10.6 Å². The van der Waals surface area contributed by atoms with Gasteiger partial charge >= 0.3 is 0 Å². The number of anilines is 3. The van der Waals surface area contributed by atoms with Crippen LogP contribution in [0, 0.1) is 0 Å². The number of nitrogen functional groups attached to an aromatic ring is 1. The van der Waals surface area contributed by atoms with E-state index < -0.39 is 5.91 Å². The van der Waals surface area contributed by atoms with E-state index in [4.69, 9.17) is 16.5 Å². The summed E-state index contributed by atoms with van der Waals surface area (Å²) >= 11 is 1.26. The molecule has 0 spiro atoms. The van der Waals surface area contributed by atoms with Crippen LogP contribution in [0.2, 0.25) is 0 Å². The summed E-state index contributed by atoms with van der Waals surface area (Å²) in [6.07, 6.45) is 6.93. The summed E-state index contributed by atoms with van der Waals surface area (Å²) in [5.41, 5.74) is 14.0. The lowest BCUT2D eigenvalue weighted by Crippen LogP contribution is -2.45. The molecular formula is C24H33N7O2S. The maximum Gasteiger partial charge on any atom is 0.260 e. The molecular weight excluding hydrogens is 450 g/mol. The van der Waals surface area contributed by atoms with Crippen LogP contribution in [0.1, 0.15) is 48.8 Å². The second-order valence-corrected chi connectivity index (χ2v) is 9.20. The number of nitrogens with zero attached hydrogens (tertiary/aromatic N) is 3. The van der Waals surface area contributed by atoms with Gasteiger partial charge in [0.1, 0.15) is 15.5 Å². The van der Waals surface area contributed by atoms with Crippen molar-refractivity contribution in [2.75, 3.05) is 35.6 Å². The Morgan fingerprint density at radius 2 is 1.94 bits per heavy atom. The molecule has 9 nitrogen and oxygen atoms in total. The molecule has 1 saturated heterocycles. The van der Waals surface area contributed by atoms with Gasteiger partial charge in [-0.1, -0.05) is 20.8 Å². The van der Waals surface area contributed by atoms with E-state index in [-0.39, 0.29) is 25.9 Å². The SMILES string of the molecule is C.CCCc1cc(N2CCC(NCC(=O)Nc3ccncc3)CC2)nc2sc(C(N)=O)c(N)c12. The quantitative estimate of drug-likeness (QED) is 0.386. The number of rotatable bonds is 8. The average Bonchev–Trinajstić information content (AvgIpc) is 3.16. The van der Waals surface area contributed by atoms with Crippen molar-refractivity contribution in [3.05, 3.63) is 41.0 Å². The zero-order valence-electron chi connectivity index (χ0n) is 18.6. The Bertz CT molecular complexity index is 1140. The Hall–Kier alpha value is -3.24. The van der Waals surface area contributed by atoms with Gasteiger partial charge in [-0.3, -0.25) is 14.6 Å². The lowest BCUT2D eigenvalue weighted by molar-refractivity contribution is -0.115. The van der Waals surface area contributed by atoms with Crippen LogP contribution in [0.5, 0.6) is 0 Å². The molecule has 0 saturated carbocycles. The number of hydrogen-bond donors (Lipinski definition) is 4. The second kappa shape index (κ2) is 11.3. The van der Waals surface area contributed by atoms with Crippen LogP contribution in [0.25, 0.3) is 10.2 Å². The number of carbonyl (C=O) groups excluding carboxylic acids is 2. The minimum absolute atomic E-state index is 0. The highest BCUT2D eigenvalue weighted by molar-refractivity contribution is 7.21. The molecule has 0 aliphatic carbocycles. The summed E-state index contributed by atoms with van der Waals surface area (Å²) in [4.78, 5) is 36.1. The number of carbonyl (C=O) groups is 2. The number of hydrogen-bond acceptors (Lipinski definition) is 8.